The van der Waals surface area contributed by atoms with Crippen LogP contribution in [0.4, 0.5) is 0 Å². The number of hydrogen-bond donors (Lipinski definition) is 1. The summed E-state index contributed by atoms with van der Waals surface area (Å²) in [5.41, 5.74) is 2.88. The summed E-state index contributed by atoms with van der Waals surface area (Å²) in [5, 5.41) is 17.5. The molecule has 4 heterocycles. The van der Waals surface area contributed by atoms with Crippen LogP contribution in [0.25, 0.3) is 49.9 Å². The molecule has 2 aromatic carbocycles. The molecule has 6 rings (SSSR count). The summed E-state index contributed by atoms with van der Waals surface area (Å²) in [6.45, 7) is -0.241. The van der Waals surface area contributed by atoms with Crippen molar-refractivity contribution in [3.05, 3.63) is 101 Å². The maximum absolute atomic E-state index is 13.6. The number of aliphatic hydroxyl groups excluding tert-OH is 1. The topological polar surface area (TPSA) is 112 Å². The second kappa shape index (κ2) is 11.1. The molecular weight excluding hydrogens is 530 g/mol. The van der Waals surface area contributed by atoms with E-state index in [1.807, 2.05) is 42.5 Å². The van der Waals surface area contributed by atoms with E-state index in [2.05, 4.69) is 9.97 Å². The number of fused-ring (bicyclic) bond motifs is 2. The first kappa shape index (κ1) is 26.7. The fourth-order valence-electron chi connectivity index (χ4n) is 4.68. The Bertz CT molecular complexity index is 1910. The predicted octanol–water partition coefficient (Wildman–Crippen LogP) is 4.99. The third-order valence-corrected chi connectivity index (χ3v) is 6.53. The van der Waals surface area contributed by atoms with E-state index in [1.54, 1.807) is 57.1 Å². The summed E-state index contributed by atoms with van der Waals surface area (Å²) in [6, 6.07) is 20.1. The molecule has 0 unspecified atom stereocenters. The standard InChI is InChI=1S/C30H23N5O4.ClH/c1-38-25-13-20-12-21(17-36)33-28(24(20)15-26(25)39-2)18-9-11-32-27(14-18)35-30(37)23-8-4-3-7-22(23)29(34-35)19-6-5-10-31-16-19;/h3-16,36H,17H2,1-2H3;1H. The highest BCUT2D eigenvalue weighted by atomic mass is 35.5. The average molecular weight is 554 g/mol. The van der Waals surface area contributed by atoms with Crippen LogP contribution in [0.2, 0.25) is 0 Å². The molecule has 40 heavy (non-hydrogen) atoms. The Morgan fingerprint density at radius 1 is 0.825 bits per heavy atom. The van der Waals surface area contributed by atoms with E-state index in [9.17, 15) is 9.90 Å². The molecule has 200 valence electrons. The Labute approximate surface area is 235 Å². The van der Waals surface area contributed by atoms with Gasteiger partial charge in [0.1, 0.15) is 5.69 Å². The summed E-state index contributed by atoms with van der Waals surface area (Å²) >= 11 is 0. The van der Waals surface area contributed by atoms with Gasteiger partial charge in [0.2, 0.25) is 0 Å². The lowest BCUT2D eigenvalue weighted by atomic mass is 10.0. The highest BCUT2D eigenvalue weighted by Gasteiger charge is 2.17. The molecule has 0 aliphatic heterocycles. The Morgan fingerprint density at radius 2 is 1.60 bits per heavy atom. The maximum Gasteiger partial charge on any atom is 0.280 e. The highest BCUT2D eigenvalue weighted by Crippen LogP contribution is 2.37. The molecule has 1 N–H and O–H groups in total. The second-order valence-corrected chi connectivity index (χ2v) is 8.80. The zero-order valence-electron chi connectivity index (χ0n) is 21.6. The normalized spacial score (nSPS) is 10.9. The van der Waals surface area contributed by atoms with Gasteiger partial charge in [-0.05, 0) is 53.9 Å². The van der Waals surface area contributed by atoms with E-state index in [0.29, 0.717) is 45.3 Å². The smallest absolute Gasteiger partial charge is 0.280 e. The van der Waals surface area contributed by atoms with Crippen molar-refractivity contribution in [3.8, 4) is 39.8 Å². The number of benzene rings is 2. The monoisotopic (exact) mass is 553 g/mol. The van der Waals surface area contributed by atoms with Crippen LogP contribution in [-0.4, -0.2) is 44.1 Å². The van der Waals surface area contributed by atoms with E-state index < -0.39 is 0 Å². The average Bonchev–Trinajstić information content (AvgIpc) is 3.00. The minimum absolute atomic E-state index is 0. The number of aliphatic hydroxyl groups is 1. The van der Waals surface area contributed by atoms with Gasteiger partial charge in [0.15, 0.2) is 17.3 Å². The molecule has 9 nitrogen and oxygen atoms in total. The van der Waals surface area contributed by atoms with E-state index in [-0.39, 0.29) is 24.6 Å². The van der Waals surface area contributed by atoms with Crippen LogP contribution in [0.1, 0.15) is 5.69 Å². The predicted molar refractivity (Wildman–Crippen MR) is 155 cm³/mol. The molecule has 0 atom stereocenters. The van der Waals surface area contributed by atoms with Gasteiger partial charge in [-0.2, -0.15) is 9.78 Å². The van der Waals surface area contributed by atoms with Crippen molar-refractivity contribution in [3.63, 3.8) is 0 Å². The maximum atomic E-state index is 13.6. The molecule has 6 aromatic rings. The van der Waals surface area contributed by atoms with E-state index >= 15 is 0 Å². The third-order valence-electron chi connectivity index (χ3n) is 6.53. The lowest BCUT2D eigenvalue weighted by molar-refractivity contribution is 0.277. The van der Waals surface area contributed by atoms with Crippen molar-refractivity contribution in [1.29, 1.82) is 0 Å². The summed E-state index contributed by atoms with van der Waals surface area (Å²) < 4.78 is 12.3. The number of rotatable bonds is 6. The number of ether oxygens (including phenoxy) is 2. The van der Waals surface area contributed by atoms with Crippen LogP contribution in [-0.2, 0) is 6.61 Å². The lowest BCUT2D eigenvalue weighted by Crippen LogP contribution is -2.23. The van der Waals surface area contributed by atoms with Crippen molar-refractivity contribution in [2.24, 2.45) is 0 Å². The lowest BCUT2D eigenvalue weighted by Gasteiger charge is -2.14. The summed E-state index contributed by atoms with van der Waals surface area (Å²) in [4.78, 5) is 27.0. The van der Waals surface area contributed by atoms with Gasteiger partial charge in [0, 0.05) is 40.5 Å². The molecule has 0 saturated heterocycles. The van der Waals surface area contributed by atoms with Crippen molar-refractivity contribution in [2.75, 3.05) is 14.2 Å². The summed E-state index contributed by atoms with van der Waals surface area (Å²) in [7, 11) is 3.14. The van der Waals surface area contributed by atoms with E-state index in [0.717, 1.165) is 21.7 Å². The fourth-order valence-corrected chi connectivity index (χ4v) is 4.68. The first-order chi connectivity index (χ1) is 19.1. The number of hydrogen-bond acceptors (Lipinski definition) is 8. The van der Waals surface area contributed by atoms with Crippen LogP contribution < -0.4 is 15.0 Å². The highest BCUT2D eigenvalue weighted by molar-refractivity contribution is 5.97. The molecule has 10 heteroatoms. The van der Waals surface area contributed by atoms with Gasteiger partial charge in [0.25, 0.3) is 5.56 Å². The zero-order chi connectivity index (χ0) is 26.9. The zero-order valence-corrected chi connectivity index (χ0v) is 22.4. The first-order valence-corrected chi connectivity index (χ1v) is 12.2. The van der Waals surface area contributed by atoms with Crippen LogP contribution in [0, 0.1) is 0 Å². The van der Waals surface area contributed by atoms with Gasteiger partial charge < -0.3 is 14.6 Å². The minimum atomic E-state index is -0.295. The number of methoxy groups -OCH3 is 2. The first-order valence-electron chi connectivity index (χ1n) is 12.2. The Balaban J connectivity index is 0.00000323. The van der Waals surface area contributed by atoms with Crippen LogP contribution in [0.5, 0.6) is 11.5 Å². The minimum Gasteiger partial charge on any atom is -0.493 e. The summed E-state index contributed by atoms with van der Waals surface area (Å²) in [6.07, 6.45) is 5.01. The Morgan fingerprint density at radius 3 is 2.33 bits per heavy atom. The van der Waals surface area contributed by atoms with Crippen LogP contribution in [0.15, 0.2) is 90.1 Å². The molecule has 0 radical (unpaired) electrons. The molecule has 0 spiro atoms. The van der Waals surface area contributed by atoms with E-state index in [1.165, 1.54) is 4.68 Å². The van der Waals surface area contributed by atoms with E-state index in [4.69, 9.17) is 19.6 Å². The SMILES string of the molecule is COc1cc2cc(CO)nc(-c3ccnc(-n4nc(-c5cccnc5)c5ccccc5c4=O)c3)c2cc1OC.Cl. The van der Waals surface area contributed by atoms with Crippen molar-refractivity contribution >= 4 is 34.0 Å². The molecule has 4 aromatic heterocycles. The number of pyridine rings is 3. The largest absolute Gasteiger partial charge is 0.493 e. The third kappa shape index (κ3) is 4.61. The Kier molecular flexibility index (Phi) is 7.41. The molecule has 0 aliphatic rings. The second-order valence-electron chi connectivity index (χ2n) is 8.80. The number of nitrogens with zero attached hydrogens (tertiary/aromatic N) is 5. The molecule has 0 bridgehead atoms. The van der Waals surface area contributed by atoms with Crippen molar-refractivity contribution in [2.45, 2.75) is 6.61 Å². The fraction of sp³-hybridized carbons (Fsp3) is 0.100. The summed E-state index contributed by atoms with van der Waals surface area (Å²) in [5.74, 6) is 1.45. The van der Waals surface area contributed by atoms with Crippen molar-refractivity contribution in [1.82, 2.24) is 24.7 Å². The Hall–Kier alpha value is -4.86. The molecular formula is C30H24ClN5O4. The quantitative estimate of drug-likeness (QED) is 0.307. The van der Waals surface area contributed by atoms with Crippen LogP contribution >= 0.6 is 12.4 Å². The molecule has 0 amide bonds. The van der Waals surface area contributed by atoms with Gasteiger partial charge in [-0.3, -0.25) is 9.78 Å². The number of halogens is 1. The van der Waals surface area contributed by atoms with Gasteiger partial charge in [0.05, 0.1) is 37.6 Å². The van der Waals surface area contributed by atoms with Crippen molar-refractivity contribution < 1.29 is 14.6 Å². The number of aromatic nitrogens is 5. The molecule has 0 aliphatic carbocycles. The van der Waals surface area contributed by atoms with Gasteiger partial charge in [-0.25, -0.2) is 9.97 Å². The van der Waals surface area contributed by atoms with Gasteiger partial charge >= 0.3 is 0 Å². The molecule has 0 fully saturated rings. The van der Waals surface area contributed by atoms with Gasteiger partial charge in [-0.1, -0.05) is 18.2 Å². The van der Waals surface area contributed by atoms with Gasteiger partial charge in [-0.15, -0.1) is 12.4 Å². The molecule has 0 saturated carbocycles. The van der Waals surface area contributed by atoms with Crippen LogP contribution in [0.3, 0.4) is 0 Å².